The third-order valence-electron chi connectivity index (χ3n) is 2.96. The van der Waals surface area contributed by atoms with Gasteiger partial charge in [-0.25, -0.2) is 13.2 Å². The summed E-state index contributed by atoms with van der Waals surface area (Å²) >= 11 is 0. The number of amides is 1. The summed E-state index contributed by atoms with van der Waals surface area (Å²) in [5.41, 5.74) is 0. The molecule has 0 spiro atoms. The van der Waals surface area contributed by atoms with Crippen molar-refractivity contribution in [3.63, 3.8) is 0 Å². The van der Waals surface area contributed by atoms with Crippen molar-refractivity contribution in [3.05, 3.63) is 0 Å². The molecular weight excluding hydrogens is 274 g/mol. The van der Waals surface area contributed by atoms with Crippen LogP contribution < -0.4 is 5.32 Å². The highest BCUT2D eigenvalue weighted by Crippen LogP contribution is 2.19. The molecule has 0 radical (unpaired) electrons. The van der Waals surface area contributed by atoms with Crippen LogP contribution in [0.3, 0.4) is 0 Å². The van der Waals surface area contributed by atoms with Crippen LogP contribution in [0.15, 0.2) is 0 Å². The molecule has 7 nitrogen and oxygen atoms in total. The van der Waals surface area contributed by atoms with Gasteiger partial charge in [-0.15, -0.1) is 0 Å². The lowest BCUT2D eigenvalue weighted by Crippen LogP contribution is -2.44. The van der Waals surface area contributed by atoms with Gasteiger partial charge in [-0.3, -0.25) is 4.79 Å². The van der Waals surface area contributed by atoms with Crippen molar-refractivity contribution in [3.8, 4) is 0 Å². The Morgan fingerprint density at radius 2 is 2.11 bits per heavy atom. The van der Waals surface area contributed by atoms with E-state index in [4.69, 9.17) is 9.84 Å². The molecule has 1 rings (SSSR count). The van der Waals surface area contributed by atoms with Crippen LogP contribution in [0.25, 0.3) is 0 Å². The molecule has 0 aromatic heterocycles. The minimum absolute atomic E-state index is 0.0185. The van der Waals surface area contributed by atoms with Gasteiger partial charge >= 0.3 is 5.97 Å². The fourth-order valence-corrected chi connectivity index (χ4v) is 2.54. The largest absolute Gasteiger partial charge is 0.480 e. The van der Waals surface area contributed by atoms with Crippen molar-refractivity contribution < 1.29 is 27.9 Å². The van der Waals surface area contributed by atoms with E-state index in [0.29, 0.717) is 6.42 Å². The van der Waals surface area contributed by atoms with Crippen LogP contribution in [0, 0.1) is 5.92 Å². The minimum atomic E-state index is -3.26. The summed E-state index contributed by atoms with van der Waals surface area (Å²) < 4.78 is 27.3. The van der Waals surface area contributed by atoms with Crippen molar-refractivity contribution in [2.75, 3.05) is 18.6 Å². The van der Waals surface area contributed by atoms with E-state index in [2.05, 4.69) is 5.32 Å². The minimum Gasteiger partial charge on any atom is -0.480 e. The lowest BCUT2D eigenvalue weighted by Gasteiger charge is -2.16. The topological polar surface area (TPSA) is 110 Å². The maximum absolute atomic E-state index is 11.8. The summed E-state index contributed by atoms with van der Waals surface area (Å²) in [7, 11) is -3.26. The van der Waals surface area contributed by atoms with Crippen LogP contribution >= 0.6 is 0 Å². The van der Waals surface area contributed by atoms with Gasteiger partial charge in [-0.05, 0) is 19.8 Å². The number of carboxylic acids is 1. The molecular formula is C11H19NO6S. The second-order valence-electron chi connectivity index (χ2n) is 4.89. The van der Waals surface area contributed by atoms with Crippen LogP contribution in [0.4, 0.5) is 0 Å². The molecule has 0 saturated carbocycles. The van der Waals surface area contributed by atoms with Crippen molar-refractivity contribution >= 4 is 21.7 Å². The Morgan fingerprint density at radius 3 is 2.53 bits per heavy atom. The van der Waals surface area contributed by atoms with E-state index in [1.807, 2.05) is 6.92 Å². The van der Waals surface area contributed by atoms with E-state index >= 15 is 0 Å². The molecule has 8 heteroatoms. The van der Waals surface area contributed by atoms with Crippen LogP contribution in [0.2, 0.25) is 0 Å². The summed E-state index contributed by atoms with van der Waals surface area (Å²) in [5.74, 6) is -2.27. The summed E-state index contributed by atoms with van der Waals surface area (Å²) in [5, 5.41) is 11.3. The molecule has 0 bridgehead atoms. The Labute approximate surface area is 112 Å². The highest BCUT2D eigenvalue weighted by Gasteiger charge is 2.31. The quantitative estimate of drug-likeness (QED) is 0.677. The van der Waals surface area contributed by atoms with Crippen molar-refractivity contribution in [1.82, 2.24) is 5.32 Å². The maximum atomic E-state index is 11.8. The number of aliphatic carboxylic acids is 1. The second-order valence-corrected chi connectivity index (χ2v) is 7.15. The van der Waals surface area contributed by atoms with Crippen LogP contribution in [0.1, 0.15) is 19.8 Å². The molecule has 2 N–H and O–H groups in total. The number of sulfone groups is 1. The first kappa shape index (κ1) is 15.9. The molecule has 19 heavy (non-hydrogen) atoms. The fourth-order valence-electron chi connectivity index (χ4n) is 1.88. The molecule has 3 atom stereocenters. The Bertz CT molecular complexity index is 446. The zero-order chi connectivity index (χ0) is 14.6. The third kappa shape index (κ3) is 5.56. The highest BCUT2D eigenvalue weighted by molar-refractivity contribution is 7.90. The number of nitrogens with one attached hydrogen (secondary N) is 1. The molecule has 3 unspecified atom stereocenters. The highest BCUT2D eigenvalue weighted by atomic mass is 32.2. The number of hydrogen-bond donors (Lipinski definition) is 2. The Balaban J connectivity index is 2.54. The number of carbonyl (C=O) groups is 2. The van der Waals surface area contributed by atoms with Gasteiger partial charge < -0.3 is 15.2 Å². The summed E-state index contributed by atoms with van der Waals surface area (Å²) in [6.07, 6.45) is 1.42. The molecule has 110 valence electrons. The first-order valence-electron chi connectivity index (χ1n) is 6.01. The van der Waals surface area contributed by atoms with Gasteiger partial charge in [0.05, 0.1) is 24.4 Å². The molecule has 1 aliphatic rings. The summed E-state index contributed by atoms with van der Waals surface area (Å²) in [4.78, 5) is 22.8. The number of ether oxygens (including phenoxy) is 1. The van der Waals surface area contributed by atoms with E-state index in [9.17, 15) is 18.0 Å². The van der Waals surface area contributed by atoms with Gasteiger partial charge in [-0.2, -0.15) is 0 Å². The predicted molar refractivity (Wildman–Crippen MR) is 67.4 cm³/mol. The predicted octanol–water partition coefficient (Wildman–Crippen LogP) is -0.584. The zero-order valence-electron chi connectivity index (χ0n) is 11.0. The Hall–Kier alpha value is -1.15. The van der Waals surface area contributed by atoms with Crippen LogP contribution in [0.5, 0.6) is 0 Å². The molecule has 1 amide bonds. The van der Waals surface area contributed by atoms with Gasteiger partial charge in [0.2, 0.25) is 5.91 Å². The normalized spacial score (nSPS) is 24.9. The van der Waals surface area contributed by atoms with Gasteiger partial charge in [0.1, 0.15) is 15.9 Å². The summed E-state index contributed by atoms with van der Waals surface area (Å²) in [6, 6.07) is -1.18. The summed E-state index contributed by atoms with van der Waals surface area (Å²) in [6.45, 7) is 2.11. The van der Waals surface area contributed by atoms with Crippen molar-refractivity contribution in [2.45, 2.75) is 31.9 Å². The lowest BCUT2D eigenvalue weighted by molar-refractivity contribution is -0.142. The van der Waals surface area contributed by atoms with E-state index in [-0.39, 0.29) is 30.8 Å². The number of hydrogen-bond acceptors (Lipinski definition) is 5. The first-order valence-corrected chi connectivity index (χ1v) is 8.07. The smallest absolute Gasteiger partial charge is 0.326 e. The fraction of sp³-hybridized carbons (Fsp3) is 0.818. The SMILES string of the molecule is CC1CC(C(=O)NC(CCS(C)(=O)=O)C(=O)O)CO1. The van der Waals surface area contributed by atoms with Crippen LogP contribution in [-0.4, -0.2) is 56.2 Å². The second kappa shape index (κ2) is 6.33. The van der Waals surface area contributed by atoms with Crippen molar-refractivity contribution in [2.24, 2.45) is 5.92 Å². The molecule has 1 aliphatic heterocycles. The molecule has 1 saturated heterocycles. The van der Waals surface area contributed by atoms with Gasteiger partial charge in [0, 0.05) is 6.26 Å². The standard InChI is InChI=1S/C11H19NO6S/c1-7-5-8(6-18-7)10(13)12-9(11(14)15)3-4-19(2,16)17/h7-9H,3-6H2,1-2H3,(H,12,13)(H,14,15). The third-order valence-corrected chi connectivity index (χ3v) is 3.94. The zero-order valence-corrected chi connectivity index (χ0v) is 11.8. The number of rotatable bonds is 6. The molecule has 0 aliphatic carbocycles. The monoisotopic (exact) mass is 293 g/mol. The van der Waals surface area contributed by atoms with Gasteiger partial charge in [-0.1, -0.05) is 0 Å². The average molecular weight is 293 g/mol. The van der Waals surface area contributed by atoms with Crippen molar-refractivity contribution in [1.29, 1.82) is 0 Å². The van der Waals surface area contributed by atoms with E-state index in [1.54, 1.807) is 0 Å². The van der Waals surface area contributed by atoms with E-state index in [0.717, 1.165) is 6.26 Å². The Kier molecular flexibility index (Phi) is 5.30. The molecule has 1 fully saturated rings. The number of carbonyl (C=O) groups excluding carboxylic acids is 1. The molecule has 1 heterocycles. The first-order chi connectivity index (χ1) is 8.69. The van der Waals surface area contributed by atoms with Gasteiger partial charge in [0.15, 0.2) is 0 Å². The average Bonchev–Trinajstić information content (AvgIpc) is 2.69. The van der Waals surface area contributed by atoms with Gasteiger partial charge in [0.25, 0.3) is 0 Å². The van der Waals surface area contributed by atoms with E-state index in [1.165, 1.54) is 0 Å². The molecule has 0 aromatic rings. The lowest BCUT2D eigenvalue weighted by atomic mass is 10.0. The maximum Gasteiger partial charge on any atom is 0.326 e. The van der Waals surface area contributed by atoms with Crippen LogP contribution in [-0.2, 0) is 24.2 Å². The number of carboxylic acid groups (broad SMARTS) is 1. The Morgan fingerprint density at radius 1 is 1.47 bits per heavy atom. The molecule has 0 aromatic carbocycles. The van der Waals surface area contributed by atoms with E-state index < -0.39 is 27.8 Å².